The Balaban J connectivity index is 1.40. The van der Waals surface area contributed by atoms with Crippen LogP contribution in [0.4, 0.5) is 5.69 Å². The van der Waals surface area contributed by atoms with E-state index in [9.17, 15) is 5.11 Å². The standard InChI is InChI=1S/C19H24N2O2/c22-18(16-23-19-9-5-2-6-10-19)15-20-11-13-21(14-12-20)17-7-3-1-4-8-17/h1-10,18,22H,11-16H2. The van der Waals surface area contributed by atoms with Crippen molar-refractivity contribution in [2.45, 2.75) is 6.10 Å². The molecule has 0 bridgehead atoms. The minimum absolute atomic E-state index is 0.336. The van der Waals surface area contributed by atoms with Gasteiger partial charge in [0.25, 0.3) is 0 Å². The van der Waals surface area contributed by atoms with Gasteiger partial charge in [0.1, 0.15) is 18.5 Å². The summed E-state index contributed by atoms with van der Waals surface area (Å²) in [6, 6.07) is 20.1. The summed E-state index contributed by atoms with van der Waals surface area (Å²) in [5.74, 6) is 0.806. The highest BCUT2D eigenvalue weighted by atomic mass is 16.5. The van der Waals surface area contributed by atoms with Crippen LogP contribution >= 0.6 is 0 Å². The summed E-state index contributed by atoms with van der Waals surface area (Å²) >= 11 is 0. The Morgan fingerprint density at radius 2 is 1.48 bits per heavy atom. The number of aliphatic hydroxyl groups is 1. The molecule has 1 aliphatic heterocycles. The van der Waals surface area contributed by atoms with Gasteiger partial charge in [0.2, 0.25) is 0 Å². The molecule has 1 fully saturated rings. The Morgan fingerprint density at radius 3 is 2.13 bits per heavy atom. The molecule has 1 atom stereocenters. The van der Waals surface area contributed by atoms with E-state index in [4.69, 9.17) is 4.74 Å². The van der Waals surface area contributed by atoms with Gasteiger partial charge < -0.3 is 14.7 Å². The highest BCUT2D eigenvalue weighted by Crippen LogP contribution is 2.15. The Labute approximate surface area is 137 Å². The van der Waals surface area contributed by atoms with Crippen molar-refractivity contribution in [1.29, 1.82) is 0 Å². The van der Waals surface area contributed by atoms with Crippen LogP contribution in [0.5, 0.6) is 5.75 Å². The van der Waals surface area contributed by atoms with Crippen LogP contribution in [0.25, 0.3) is 0 Å². The van der Waals surface area contributed by atoms with Crippen LogP contribution in [0.2, 0.25) is 0 Å². The number of hydrogen-bond donors (Lipinski definition) is 1. The second-order valence-electron chi connectivity index (χ2n) is 5.90. The molecule has 0 aliphatic carbocycles. The third kappa shape index (κ3) is 4.71. The molecule has 2 aromatic rings. The van der Waals surface area contributed by atoms with E-state index in [1.165, 1.54) is 5.69 Å². The average molecular weight is 312 g/mol. The molecular weight excluding hydrogens is 288 g/mol. The van der Waals surface area contributed by atoms with Crippen molar-refractivity contribution in [3.05, 3.63) is 60.7 Å². The van der Waals surface area contributed by atoms with Gasteiger partial charge in [-0.05, 0) is 24.3 Å². The average Bonchev–Trinajstić information content (AvgIpc) is 2.62. The molecule has 4 heteroatoms. The molecular formula is C19H24N2O2. The maximum absolute atomic E-state index is 10.2. The van der Waals surface area contributed by atoms with E-state index >= 15 is 0 Å². The molecule has 0 saturated carbocycles. The van der Waals surface area contributed by atoms with Gasteiger partial charge >= 0.3 is 0 Å². The van der Waals surface area contributed by atoms with E-state index in [0.29, 0.717) is 13.2 Å². The van der Waals surface area contributed by atoms with Crippen LogP contribution in [0, 0.1) is 0 Å². The Bertz CT molecular complexity index is 568. The summed E-state index contributed by atoms with van der Waals surface area (Å²) < 4.78 is 5.61. The van der Waals surface area contributed by atoms with Crippen molar-refractivity contribution >= 4 is 5.69 Å². The first-order valence-corrected chi connectivity index (χ1v) is 8.19. The van der Waals surface area contributed by atoms with Crippen LogP contribution in [0.1, 0.15) is 0 Å². The molecule has 122 valence electrons. The van der Waals surface area contributed by atoms with E-state index in [2.05, 4.69) is 34.1 Å². The lowest BCUT2D eigenvalue weighted by Gasteiger charge is -2.36. The molecule has 0 radical (unpaired) electrons. The SMILES string of the molecule is OC(COc1ccccc1)CN1CCN(c2ccccc2)CC1. The minimum atomic E-state index is -0.460. The number of ether oxygens (including phenoxy) is 1. The van der Waals surface area contributed by atoms with Crippen LogP contribution in [-0.2, 0) is 0 Å². The molecule has 0 aromatic heterocycles. The maximum atomic E-state index is 10.2. The number of nitrogens with zero attached hydrogens (tertiary/aromatic N) is 2. The summed E-state index contributed by atoms with van der Waals surface area (Å²) in [5, 5.41) is 10.2. The van der Waals surface area contributed by atoms with E-state index in [1.54, 1.807) is 0 Å². The van der Waals surface area contributed by atoms with Crippen LogP contribution in [0.3, 0.4) is 0 Å². The summed E-state index contributed by atoms with van der Waals surface area (Å²) in [5.41, 5.74) is 1.28. The van der Waals surface area contributed by atoms with Gasteiger partial charge in [-0.3, -0.25) is 4.90 Å². The number of anilines is 1. The topological polar surface area (TPSA) is 35.9 Å². The van der Waals surface area contributed by atoms with E-state index in [-0.39, 0.29) is 0 Å². The molecule has 1 heterocycles. The summed E-state index contributed by atoms with van der Waals surface area (Å²) in [4.78, 5) is 4.70. The first kappa shape index (κ1) is 15.8. The number of β-amino-alcohol motifs (C(OH)–C–C–N with tert-alkyl or cyclic N) is 1. The highest BCUT2D eigenvalue weighted by Gasteiger charge is 2.19. The fourth-order valence-corrected chi connectivity index (χ4v) is 2.89. The number of aliphatic hydroxyl groups excluding tert-OH is 1. The zero-order valence-electron chi connectivity index (χ0n) is 13.3. The van der Waals surface area contributed by atoms with Crippen LogP contribution in [0.15, 0.2) is 60.7 Å². The predicted octanol–water partition coefficient (Wildman–Crippen LogP) is 2.25. The van der Waals surface area contributed by atoms with Gasteiger partial charge in [0.15, 0.2) is 0 Å². The zero-order valence-corrected chi connectivity index (χ0v) is 13.3. The molecule has 4 nitrogen and oxygen atoms in total. The third-order valence-electron chi connectivity index (χ3n) is 4.15. The van der Waals surface area contributed by atoms with Crippen LogP contribution < -0.4 is 9.64 Å². The van der Waals surface area contributed by atoms with E-state index in [1.807, 2.05) is 36.4 Å². The summed E-state index contributed by atoms with van der Waals surface area (Å²) in [7, 11) is 0. The third-order valence-corrected chi connectivity index (χ3v) is 4.15. The van der Waals surface area contributed by atoms with E-state index in [0.717, 1.165) is 31.9 Å². The lowest BCUT2D eigenvalue weighted by atomic mass is 10.2. The maximum Gasteiger partial charge on any atom is 0.119 e. The fraction of sp³-hybridized carbons (Fsp3) is 0.368. The van der Waals surface area contributed by atoms with Crippen molar-refractivity contribution in [3.63, 3.8) is 0 Å². The van der Waals surface area contributed by atoms with Gasteiger partial charge in [-0.2, -0.15) is 0 Å². The molecule has 1 aliphatic rings. The van der Waals surface area contributed by atoms with Crippen molar-refractivity contribution in [1.82, 2.24) is 4.90 Å². The predicted molar refractivity (Wildman–Crippen MR) is 93.0 cm³/mol. The molecule has 2 aromatic carbocycles. The molecule has 1 N–H and O–H groups in total. The molecule has 1 saturated heterocycles. The normalized spacial score (nSPS) is 17.0. The molecule has 0 amide bonds. The smallest absolute Gasteiger partial charge is 0.119 e. The Morgan fingerprint density at radius 1 is 0.870 bits per heavy atom. The van der Waals surface area contributed by atoms with Gasteiger partial charge in [0, 0.05) is 38.4 Å². The number of hydrogen-bond acceptors (Lipinski definition) is 4. The van der Waals surface area contributed by atoms with Gasteiger partial charge in [-0.15, -0.1) is 0 Å². The highest BCUT2D eigenvalue weighted by molar-refractivity contribution is 5.46. The van der Waals surface area contributed by atoms with Crippen molar-refractivity contribution in [3.8, 4) is 5.75 Å². The second kappa shape index (κ2) is 7.99. The van der Waals surface area contributed by atoms with Crippen molar-refractivity contribution < 1.29 is 9.84 Å². The summed E-state index contributed by atoms with van der Waals surface area (Å²) in [6.07, 6.45) is -0.460. The molecule has 1 unspecified atom stereocenters. The van der Waals surface area contributed by atoms with Crippen LogP contribution in [-0.4, -0.2) is 55.4 Å². The number of benzene rings is 2. The Hall–Kier alpha value is -2.04. The quantitative estimate of drug-likeness (QED) is 0.887. The summed E-state index contributed by atoms with van der Waals surface area (Å²) in [6.45, 7) is 4.93. The van der Waals surface area contributed by atoms with Crippen molar-refractivity contribution in [2.75, 3.05) is 44.2 Å². The lowest BCUT2D eigenvalue weighted by molar-refractivity contribution is 0.0663. The van der Waals surface area contributed by atoms with Gasteiger partial charge in [-0.1, -0.05) is 36.4 Å². The van der Waals surface area contributed by atoms with Gasteiger partial charge in [0.05, 0.1) is 0 Å². The molecule has 3 rings (SSSR count). The zero-order chi connectivity index (χ0) is 15.9. The van der Waals surface area contributed by atoms with Crippen molar-refractivity contribution in [2.24, 2.45) is 0 Å². The first-order valence-electron chi connectivity index (χ1n) is 8.19. The lowest BCUT2D eigenvalue weighted by Crippen LogP contribution is -2.49. The van der Waals surface area contributed by atoms with Gasteiger partial charge in [-0.25, -0.2) is 0 Å². The number of para-hydroxylation sites is 2. The largest absolute Gasteiger partial charge is 0.491 e. The molecule has 23 heavy (non-hydrogen) atoms. The molecule has 0 spiro atoms. The Kier molecular flexibility index (Phi) is 5.51. The monoisotopic (exact) mass is 312 g/mol. The minimum Gasteiger partial charge on any atom is -0.491 e. The fourth-order valence-electron chi connectivity index (χ4n) is 2.89. The van der Waals surface area contributed by atoms with E-state index < -0.39 is 6.10 Å². The first-order chi connectivity index (χ1) is 11.3. The number of rotatable bonds is 6. The number of piperazine rings is 1. The second-order valence-corrected chi connectivity index (χ2v) is 5.90.